The molecule has 0 aromatic carbocycles. The second kappa shape index (κ2) is 49.3. The van der Waals surface area contributed by atoms with Gasteiger partial charge in [-0.15, -0.1) is 0 Å². The molecular formula is C54H96NO9P. The number of aliphatic carboxylic acids is 1. The molecule has 0 rings (SSSR count). The number of ether oxygens (including phenoxy) is 2. The highest BCUT2D eigenvalue weighted by atomic mass is 31.2. The van der Waals surface area contributed by atoms with E-state index in [9.17, 15) is 19.0 Å². The van der Waals surface area contributed by atoms with Crippen LogP contribution >= 0.6 is 7.82 Å². The summed E-state index contributed by atoms with van der Waals surface area (Å²) in [5, 5.41) is 8.93. The summed E-state index contributed by atoms with van der Waals surface area (Å²) in [7, 11) is -4.63. The Kier molecular flexibility index (Phi) is 47.4. The fourth-order valence-electron chi connectivity index (χ4n) is 6.91. The van der Waals surface area contributed by atoms with Crippen LogP contribution in [0.15, 0.2) is 72.9 Å². The van der Waals surface area contributed by atoms with E-state index in [2.05, 4.69) is 86.8 Å². The smallest absolute Gasteiger partial charge is 0.472 e. The van der Waals surface area contributed by atoms with Gasteiger partial charge in [0, 0.05) is 13.0 Å². The summed E-state index contributed by atoms with van der Waals surface area (Å²) < 4.78 is 33.5. The van der Waals surface area contributed by atoms with Crippen LogP contribution in [0.4, 0.5) is 0 Å². The highest BCUT2D eigenvalue weighted by Crippen LogP contribution is 2.43. The van der Waals surface area contributed by atoms with E-state index in [1.165, 1.54) is 103 Å². The summed E-state index contributed by atoms with van der Waals surface area (Å²) in [6.07, 6.45) is 62.4. The van der Waals surface area contributed by atoms with Crippen LogP contribution in [0.5, 0.6) is 0 Å². The quantitative estimate of drug-likeness (QED) is 0.0232. The molecule has 0 bridgehead atoms. The Morgan fingerprint density at radius 3 is 1.26 bits per heavy atom. The number of carbonyl (C=O) groups is 2. The highest BCUT2D eigenvalue weighted by molar-refractivity contribution is 7.47. The fourth-order valence-corrected chi connectivity index (χ4v) is 7.69. The molecule has 0 aliphatic heterocycles. The van der Waals surface area contributed by atoms with Crippen LogP contribution in [0, 0.1) is 0 Å². The zero-order valence-corrected chi connectivity index (χ0v) is 42.2. The van der Waals surface area contributed by atoms with Crippen molar-refractivity contribution in [1.29, 1.82) is 0 Å². The molecule has 11 heteroatoms. The summed E-state index contributed by atoms with van der Waals surface area (Å²) in [6.45, 7) is 3.83. The Balaban J connectivity index is 4.21. The summed E-state index contributed by atoms with van der Waals surface area (Å²) in [4.78, 5) is 33.7. The Hall–Kier alpha value is -2.59. The zero-order chi connectivity index (χ0) is 47.6. The van der Waals surface area contributed by atoms with Gasteiger partial charge < -0.3 is 25.2 Å². The maximum Gasteiger partial charge on any atom is 0.472 e. The molecule has 0 aromatic rings. The fraction of sp³-hybridized carbons (Fsp3) is 0.741. The molecule has 0 heterocycles. The monoisotopic (exact) mass is 934 g/mol. The van der Waals surface area contributed by atoms with Crippen LogP contribution in [-0.2, 0) is 32.7 Å². The number of carboxylic acids is 1. The van der Waals surface area contributed by atoms with Crippen LogP contribution in [0.2, 0.25) is 0 Å². The largest absolute Gasteiger partial charge is 0.480 e. The summed E-state index contributed by atoms with van der Waals surface area (Å²) >= 11 is 0. The topological polar surface area (TPSA) is 155 Å². The molecule has 0 aliphatic carbocycles. The van der Waals surface area contributed by atoms with Crippen LogP contribution in [0.1, 0.15) is 219 Å². The average molecular weight is 934 g/mol. The number of carboxylic acid groups (broad SMARTS) is 1. The highest BCUT2D eigenvalue weighted by Gasteiger charge is 2.27. The molecule has 0 radical (unpaired) electrons. The number of allylic oxidation sites excluding steroid dienone is 12. The first-order valence-electron chi connectivity index (χ1n) is 26.0. The molecule has 0 aliphatic rings. The normalized spacial score (nSPS) is 14.3. The SMILES string of the molecule is CCCCCCC/C=C\C/C=C\C/C=C\CCCCCCCCCOCC(COP(=O)(O)OCC(N)C(=O)O)OC(=O)CCCCCCCC/C=C\C/C=C\C/C=C\CCCCCCC. The van der Waals surface area contributed by atoms with Gasteiger partial charge >= 0.3 is 19.8 Å². The molecule has 3 unspecified atom stereocenters. The molecule has 0 aromatic heterocycles. The standard InChI is InChI=1S/C54H96NO9P/c1-3-5-7-9-11-13-15-17-19-21-23-25-27-29-31-33-35-37-39-41-43-45-47-61-48-51(49-62-65(59,60)63-50-52(55)54(57)58)64-53(56)46-44-42-40-38-36-34-32-30-28-26-24-22-20-18-16-14-12-10-8-6-4-2/h15-18,21-24,27-30,51-52H,3-14,19-20,25-26,31-50,55H2,1-2H3,(H,57,58)(H,59,60)/b17-15-,18-16-,23-21-,24-22-,29-27-,30-28-. The van der Waals surface area contributed by atoms with Crippen molar-refractivity contribution in [3.63, 3.8) is 0 Å². The first-order chi connectivity index (χ1) is 31.7. The number of esters is 1. The zero-order valence-electron chi connectivity index (χ0n) is 41.3. The lowest BCUT2D eigenvalue weighted by Crippen LogP contribution is -2.34. The number of carbonyl (C=O) groups excluding carboxylic acids is 1. The van der Waals surface area contributed by atoms with Crippen molar-refractivity contribution < 1.29 is 42.7 Å². The van der Waals surface area contributed by atoms with Gasteiger partial charge in [-0.25, -0.2) is 4.57 Å². The third-order valence-electron chi connectivity index (χ3n) is 11.0. The van der Waals surface area contributed by atoms with E-state index >= 15 is 0 Å². The van der Waals surface area contributed by atoms with Gasteiger partial charge in [-0.1, -0.05) is 196 Å². The Bertz CT molecular complexity index is 1310. The van der Waals surface area contributed by atoms with E-state index in [1.54, 1.807) is 0 Å². The lowest BCUT2D eigenvalue weighted by molar-refractivity contribution is -0.154. The van der Waals surface area contributed by atoms with E-state index in [-0.39, 0.29) is 13.0 Å². The van der Waals surface area contributed by atoms with Gasteiger partial charge in [-0.05, 0) is 89.9 Å². The van der Waals surface area contributed by atoms with E-state index in [0.717, 1.165) is 89.9 Å². The second-order valence-corrected chi connectivity index (χ2v) is 18.7. The van der Waals surface area contributed by atoms with Crippen LogP contribution < -0.4 is 5.73 Å². The molecule has 65 heavy (non-hydrogen) atoms. The number of phosphoric ester groups is 1. The van der Waals surface area contributed by atoms with Gasteiger partial charge in [-0.2, -0.15) is 0 Å². The molecule has 0 saturated heterocycles. The van der Waals surface area contributed by atoms with E-state index in [0.29, 0.717) is 13.0 Å². The second-order valence-electron chi connectivity index (χ2n) is 17.3. The summed E-state index contributed by atoms with van der Waals surface area (Å²) in [5.74, 6) is -1.80. The van der Waals surface area contributed by atoms with E-state index < -0.39 is 45.1 Å². The molecule has 0 spiro atoms. The van der Waals surface area contributed by atoms with Crippen molar-refractivity contribution in [1.82, 2.24) is 0 Å². The van der Waals surface area contributed by atoms with E-state index in [4.69, 9.17) is 29.4 Å². The average Bonchev–Trinajstić information content (AvgIpc) is 3.29. The van der Waals surface area contributed by atoms with Crippen molar-refractivity contribution in [3.8, 4) is 0 Å². The number of unbranched alkanes of at least 4 members (excludes halogenated alkanes) is 23. The van der Waals surface area contributed by atoms with Gasteiger partial charge in [0.1, 0.15) is 12.1 Å². The van der Waals surface area contributed by atoms with Gasteiger partial charge in [0.15, 0.2) is 0 Å². The first kappa shape index (κ1) is 62.4. The van der Waals surface area contributed by atoms with E-state index in [1.807, 2.05) is 0 Å². The van der Waals surface area contributed by atoms with Gasteiger partial charge in [0.2, 0.25) is 0 Å². The summed E-state index contributed by atoms with van der Waals surface area (Å²) in [5.41, 5.74) is 5.37. The van der Waals surface area contributed by atoms with Crippen molar-refractivity contribution >= 4 is 19.8 Å². The molecule has 10 nitrogen and oxygen atoms in total. The minimum atomic E-state index is -4.63. The van der Waals surface area contributed by atoms with Crippen molar-refractivity contribution in [3.05, 3.63) is 72.9 Å². The number of rotatable bonds is 49. The van der Waals surface area contributed by atoms with Crippen molar-refractivity contribution in [2.24, 2.45) is 5.73 Å². The number of phosphoric acid groups is 1. The predicted molar refractivity (Wildman–Crippen MR) is 272 cm³/mol. The molecule has 376 valence electrons. The summed E-state index contributed by atoms with van der Waals surface area (Å²) in [6, 6.07) is -1.48. The van der Waals surface area contributed by atoms with Crippen LogP contribution in [0.3, 0.4) is 0 Å². The number of hydrogen-bond donors (Lipinski definition) is 3. The first-order valence-corrected chi connectivity index (χ1v) is 27.5. The van der Waals surface area contributed by atoms with Gasteiger partial charge in [0.05, 0.1) is 19.8 Å². The molecular weight excluding hydrogens is 838 g/mol. The lowest BCUT2D eigenvalue weighted by atomic mass is 10.1. The van der Waals surface area contributed by atoms with Gasteiger partial charge in [0.25, 0.3) is 0 Å². The predicted octanol–water partition coefficient (Wildman–Crippen LogP) is 15.3. The minimum Gasteiger partial charge on any atom is -0.480 e. The maximum atomic E-state index is 12.7. The van der Waals surface area contributed by atoms with Crippen molar-refractivity contribution in [2.45, 2.75) is 231 Å². The number of nitrogens with two attached hydrogens (primary N) is 1. The lowest BCUT2D eigenvalue weighted by Gasteiger charge is -2.20. The van der Waals surface area contributed by atoms with Crippen LogP contribution in [-0.4, -0.2) is 60.5 Å². The Morgan fingerprint density at radius 1 is 0.492 bits per heavy atom. The third-order valence-corrected chi connectivity index (χ3v) is 11.9. The Morgan fingerprint density at radius 2 is 0.846 bits per heavy atom. The molecule has 4 N–H and O–H groups in total. The maximum absolute atomic E-state index is 12.7. The minimum absolute atomic E-state index is 0.00137. The Labute approximate surface area is 397 Å². The molecule has 0 amide bonds. The van der Waals surface area contributed by atoms with Crippen LogP contribution in [0.25, 0.3) is 0 Å². The number of hydrogen-bond acceptors (Lipinski definition) is 8. The molecule has 0 saturated carbocycles. The molecule has 3 atom stereocenters. The van der Waals surface area contributed by atoms with Gasteiger partial charge in [-0.3, -0.25) is 18.6 Å². The third kappa shape index (κ3) is 49.1. The molecule has 0 fully saturated rings. The van der Waals surface area contributed by atoms with Crippen molar-refractivity contribution in [2.75, 3.05) is 26.4 Å².